The average molecular weight is 282 g/mol. The summed E-state index contributed by atoms with van der Waals surface area (Å²) in [6, 6.07) is 0. The first-order chi connectivity index (χ1) is 8.92. The van der Waals surface area contributed by atoms with Gasteiger partial charge >= 0.3 is 0 Å². The fourth-order valence-corrected chi connectivity index (χ4v) is 1.60. The van der Waals surface area contributed by atoms with Crippen LogP contribution in [0.25, 0.3) is 0 Å². The maximum atomic E-state index is 10.2. The second-order valence-electron chi connectivity index (χ2n) is 4.22. The minimum absolute atomic E-state index is 0.0559. The Morgan fingerprint density at radius 2 is 1.84 bits per heavy atom. The van der Waals surface area contributed by atoms with E-state index < -0.39 is 56.1 Å². The summed E-state index contributed by atoms with van der Waals surface area (Å²) in [6.07, 6.45) is -10.1. The molecule has 1 aliphatic heterocycles. The Balaban J connectivity index is 2.42. The average Bonchev–Trinajstić information content (AvgIpc) is 2.70. The number of ether oxygens (including phenoxy) is 2. The summed E-state index contributed by atoms with van der Waals surface area (Å²) in [5.41, 5.74) is 0. The predicted molar refractivity (Wildman–Crippen MR) is 57.8 cm³/mol. The topological polar surface area (TPSA) is 157 Å². The van der Waals surface area contributed by atoms with Crippen LogP contribution in [-0.4, -0.2) is 93.1 Å². The number of hydrogen-bond donors (Lipinski definition) is 6. The standard InChI is InChI=1S/C10H18O9/c11-1-4(13)7(15)5(14)3-18-10-9(17)8(16)6(2-12)19-10/h1,4-10,12-17H,2-3H2/t4?,5?,6-,7?,8-,9+,10?/m1/s1. The van der Waals surface area contributed by atoms with Gasteiger partial charge in [0.25, 0.3) is 0 Å². The van der Waals surface area contributed by atoms with E-state index in [1.165, 1.54) is 0 Å². The van der Waals surface area contributed by atoms with Crippen molar-refractivity contribution in [2.45, 2.75) is 42.9 Å². The molecule has 9 nitrogen and oxygen atoms in total. The summed E-state index contributed by atoms with van der Waals surface area (Å²) >= 11 is 0. The van der Waals surface area contributed by atoms with Gasteiger partial charge in [-0.05, 0) is 0 Å². The molecule has 1 aliphatic rings. The summed E-state index contributed by atoms with van der Waals surface area (Å²) in [4.78, 5) is 10.2. The Morgan fingerprint density at radius 1 is 1.21 bits per heavy atom. The van der Waals surface area contributed by atoms with Crippen molar-refractivity contribution in [3.63, 3.8) is 0 Å². The van der Waals surface area contributed by atoms with Crippen LogP contribution >= 0.6 is 0 Å². The lowest BCUT2D eigenvalue weighted by molar-refractivity contribution is -0.192. The Kier molecular flexibility index (Phi) is 6.23. The van der Waals surface area contributed by atoms with Crippen molar-refractivity contribution < 1.29 is 44.9 Å². The fourth-order valence-electron chi connectivity index (χ4n) is 1.60. The summed E-state index contributed by atoms with van der Waals surface area (Å²) in [7, 11) is 0. The van der Waals surface area contributed by atoms with E-state index in [4.69, 9.17) is 19.7 Å². The zero-order valence-electron chi connectivity index (χ0n) is 9.94. The molecule has 6 N–H and O–H groups in total. The first kappa shape index (κ1) is 16.4. The second kappa shape index (κ2) is 7.22. The van der Waals surface area contributed by atoms with Gasteiger partial charge in [0.1, 0.15) is 36.6 Å². The highest BCUT2D eigenvalue weighted by Gasteiger charge is 2.43. The number of hydrogen-bond acceptors (Lipinski definition) is 9. The number of carbonyl (C=O) groups is 1. The van der Waals surface area contributed by atoms with Gasteiger partial charge in [-0.25, -0.2) is 0 Å². The molecule has 19 heavy (non-hydrogen) atoms. The van der Waals surface area contributed by atoms with E-state index in [9.17, 15) is 25.2 Å². The molecular weight excluding hydrogens is 264 g/mol. The van der Waals surface area contributed by atoms with Gasteiger partial charge in [-0.15, -0.1) is 0 Å². The predicted octanol–water partition coefficient (Wildman–Crippen LogP) is -4.28. The largest absolute Gasteiger partial charge is 0.394 e. The van der Waals surface area contributed by atoms with Crippen LogP contribution in [0.1, 0.15) is 0 Å². The van der Waals surface area contributed by atoms with Gasteiger partial charge in [-0.2, -0.15) is 0 Å². The van der Waals surface area contributed by atoms with Crippen molar-refractivity contribution in [1.82, 2.24) is 0 Å². The van der Waals surface area contributed by atoms with E-state index in [0.717, 1.165) is 0 Å². The van der Waals surface area contributed by atoms with Crippen LogP contribution in [0.5, 0.6) is 0 Å². The quantitative estimate of drug-likeness (QED) is 0.254. The molecule has 9 heteroatoms. The molecule has 1 rings (SSSR count). The van der Waals surface area contributed by atoms with E-state index in [0.29, 0.717) is 0 Å². The molecule has 7 atom stereocenters. The fraction of sp³-hybridized carbons (Fsp3) is 0.900. The Hall–Kier alpha value is -0.650. The first-order valence-corrected chi connectivity index (χ1v) is 5.66. The highest BCUT2D eigenvalue weighted by Crippen LogP contribution is 2.22. The van der Waals surface area contributed by atoms with Crippen LogP contribution in [-0.2, 0) is 14.3 Å². The summed E-state index contributed by atoms with van der Waals surface area (Å²) in [5.74, 6) is 0. The molecule has 1 fully saturated rings. The molecule has 1 saturated heterocycles. The van der Waals surface area contributed by atoms with Crippen molar-refractivity contribution in [2.24, 2.45) is 0 Å². The third-order valence-electron chi connectivity index (χ3n) is 2.81. The van der Waals surface area contributed by atoms with Crippen LogP contribution in [0.3, 0.4) is 0 Å². The molecule has 112 valence electrons. The van der Waals surface area contributed by atoms with Crippen molar-refractivity contribution >= 4 is 6.29 Å². The summed E-state index contributed by atoms with van der Waals surface area (Å²) in [6.45, 7) is -1.06. The third-order valence-corrected chi connectivity index (χ3v) is 2.81. The number of aliphatic hydroxyl groups is 6. The van der Waals surface area contributed by atoms with Crippen molar-refractivity contribution in [1.29, 1.82) is 0 Å². The minimum Gasteiger partial charge on any atom is -0.394 e. The first-order valence-electron chi connectivity index (χ1n) is 5.66. The SMILES string of the molecule is O=CC(O)C(O)C(O)COC1O[C@H](CO)[C@@H](O)[C@@H]1O. The molecule has 0 aromatic heterocycles. The van der Waals surface area contributed by atoms with Crippen molar-refractivity contribution in [3.05, 3.63) is 0 Å². The number of aldehydes is 1. The molecule has 0 aromatic rings. The Labute approximate surface area is 108 Å². The zero-order valence-corrected chi connectivity index (χ0v) is 9.94. The molecule has 1 heterocycles. The Morgan fingerprint density at radius 3 is 2.32 bits per heavy atom. The van der Waals surface area contributed by atoms with E-state index >= 15 is 0 Å². The maximum Gasteiger partial charge on any atom is 0.186 e. The molecule has 0 spiro atoms. The third kappa shape index (κ3) is 3.91. The highest BCUT2D eigenvalue weighted by molar-refractivity contribution is 5.56. The molecule has 0 aromatic carbocycles. The van der Waals surface area contributed by atoms with E-state index in [-0.39, 0.29) is 6.29 Å². The molecule has 0 saturated carbocycles. The minimum atomic E-state index is -1.76. The van der Waals surface area contributed by atoms with E-state index in [1.54, 1.807) is 0 Å². The maximum absolute atomic E-state index is 10.2. The van der Waals surface area contributed by atoms with Gasteiger partial charge in [0.2, 0.25) is 0 Å². The van der Waals surface area contributed by atoms with Crippen molar-refractivity contribution in [3.8, 4) is 0 Å². The van der Waals surface area contributed by atoms with Gasteiger partial charge in [0.15, 0.2) is 12.6 Å². The van der Waals surface area contributed by atoms with E-state index in [2.05, 4.69) is 0 Å². The van der Waals surface area contributed by atoms with Crippen LogP contribution in [0.4, 0.5) is 0 Å². The summed E-state index contributed by atoms with van der Waals surface area (Å²) in [5, 5.41) is 55.4. The molecule has 0 bridgehead atoms. The molecular formula is C10H18O9. The normalized spacial score (nSPS) is 35.9. The van der Waals surface area contributed by atoms with Crippen LogP contribution in [0.2, 0.25) is 0 Å². The van der Waals surface area contributed by atoms with Crippen LogP contribution < -0.4 is 0 Å². The van der Waals surface area contributed by atoms with Gasteiger partial charge in [-0.3, -0.25) is 0 Å². The van der Waals surface area contributed by atoms with Gasteiger partial charge in [0.05, 0.1) is 13.2 Å². The van der Waals surface area contributed by atoms with Crippen LogP contribution in [0.15, 0.2) is 0 Å². The van der Waals surface area contributed by atoms with Gasteiger partial charge in [-0.1, -0.05) is 0 Å². The monoisotopic (exact) mass is 282 g/mol. The zero-order chi connectivity index (χ0) is 14.6. The molecule has 0 amide bonds. The lowest BCUT2D eigenvalue weighted by Crippen LogP contribution is -2.42. The second-order valence-corrected chi connectivity index (χ2v) is 4.22. The van der Waals surface area contributed by atoms with E-state index in [1.807, 2.05) is 0 Å². The number of carbonyl (C=O) groups excluding carboxylic acids is 1. The number of rotatable bonds is 7. The summed E-state index contributed by atoms with van der Waals surface area (Å²) < 4.78 is 9.87. The van der Waals surface area contributed by atoms with Crippen LogP contribution in [0, 0.1) is 0 Å². The lowest BCUT2D eigenvalue weighted by Gasteiger charge is -2.22. The number of aliphatic hydroxyl groups excluding tert-OH is 6. The lowest BCUT2D eigenvalue weighted by atomic mass is 10.1. The smallest absolute Gasteiger partial charge is 0.186 e. The molecule has 0 radical (unpaired) electrons. The molecule has 4 unspecified atom stereocenters. The Bertz CT molecular complexity index is 286. The molecule has 0 aliphatic carbocycles. The van der Waals surface area contributed by atoms with Crippen molar-refractivity contribution in [2.75, 3.05) is 13.2 Å². The van der Waals surface area contributed by atoms with Gasteiger partial charge in [0, 0.05) is 0 Å². The van der Waals surface area contributed by atoms with Gasteiger partial charge < -0.3 is 44.9 Å². The highest BCUT2D eigenvalue weighted by atomic mass is 16.7.